The molecule has 1 aliphatic carbocycles. The van der Waals surface area contributed by atoms with E-state index in [-0.39, 0.29) is 11.0 Å². The van der Waals surface area contributed by atoms with Crippen LogP contribution in [0.5, 0.6) is 0 Å². The van der Waals surface area contributed by atoms with Crippen LogP contribution in [0.1, 0.15) is 25.7 Å². The number of thiazole rings is 1. The summed E-state index contributed by atoms with van der Waals surface area (Å²) in [6, 6.07) is 5.53. The molecule has 1 fully saturated rings. The molecule has 0 saturated heterocycles. The Morgan fingerprint density at radius 2 is 2.00 bits per heavy atom. The number of hydrogen-bond donors (Lipinski definition) is 2. The number of aromatic nitrogens is 1. The molecule has 2 aromatic rings. The first kappa shape index (κ1) is 14.7. The molecule has 0 unspecified atom stereocenters. The molecule has 21 heavy (non-hydrogen) atoms. The van der Waals surface area contributed by atoms with Crippen molar-refractivity contribution in [1.29, 1.82) is 0 Å². The first-order chi connectivity index (χ1) is 9.93. The number of nitrogens with zero attached hydrogens (tertiary/aromatic N) is 1. The number of anilines is 1. The fourth-order valence-electron chi connectivity index (χ4n) is 2.68. The second-order valence-corrected chi connectivity index (χ2v) is 8.56. The third-order valence-corrected chi connectivity index (χ3v) is 5.89. The van der Waals surface area contributed by atoms with Crippen LogP contribution >= 0.6 is 11.3 Å². The maximum atomic E-state index is 11.8. The maximum absolute atomic E-state index is 11.8. The molecule has 0 aliphatic heterocycles. The zero-order valence-electron chi connectivity index (χ0n) is 11.7. The molecule has 0 radical (unpaired) electrons. The topological polar surface area (TPSA) is 79.3 Å². The van der Waals surface area contributed by atoms with E-state index < -0.39 is 9.84 Å². The summed E-state index contributed by atoms with van der Waals surface area (Å²) >= 11 is 1.47. The van der Waals surface area contributed by atoms with Crippen LogP contribution in [0.4, 0.5) is 5.13 Å². The van der Waals surface area contributed by atoms with E-state index in [4.69, 9.17) is 0 Å². The Labute approximate surface area is 127 Å². The quantitative estimate of drug-likeness (QED) is 0.905. The maximum Gasteiger partial charge on any atom is 0.184 e. The van der Waals surface area contributed by atoms with Gasteiger partial charge < -0.3 is 10.4 Å². The molecule has 1 aromatic carbocycles. The fourth-order valence-corrected chi connectivity index (χ4v) is 4.55. The summed E-state index contributed by atoms with van der Waals surface area (Å²) in [7, 11) is -3.27. The lowest BCUT2D eigenvalue weighted by Gasteiger charge is -2.25. The number of nitrogens with one attached hydrogen (secondary N) is 1. The van der Waals surface area contributed by atoms with Gasteiger partial charge in [-0.2, -0.15) is 0 Å². The molecule has 3 rings (SSSR count). The Kier molecular flexibility index (Phi) is 3.90. The summed E-state index contributed by atoms with van der Waals surface area (Å²) in [5, 5.41) is 13.6. The number of para-hydroxylation sites is 1. The summed E-state index contributed by atoms with van der Waals surface area (Å²) in [4.78, 5) is 4.74. The molecule has 1 saturated carbocycles. The minimum atomic E-state index is -3.27. The lowest BCUT2D eigenvalue weighted by atomic mass is 9.93. The van der Waals surface area contributed by atoms with Crippen molar-refractivity contribution in [2.75, 3.05) is 11.6 Å². The predicted octanol–water partition coefficient (Wildman–Crippen LogP) is 2.42. The van der Waals surface area contributed by atoms with E-state index >= 15 is 0 Å². The van der Waals surface area contributed by atoms with Gasteiger partial charge in [-0.05, 0) is 37.8 Å². The summed E-state index contributed by atoms with van der Waals surface area (Å²) < 4.78 is 24.5. The van der Waals surface area contributed by atoms with Gasteiger partial charge in [0.15, 0.2) is 15.0 Å². The SMILES string of the molecule is CS(=O)(=O)c1cccc2sc(NC3CCC(O)CC3)nc12. The highest BCUT2D eigenvalue weighted by molar-refractivity contribution is 7.91. The second kappa shape index (κ2) is 5.55. The van der Waals surface area contributed by atoms with Crippen molar-refractivity contribution in [3.8, 4) is 0 Å². The number of rotatable bonds is 3. The minimum absolute atomic E-state index is 0.185. The van der Waals surface area contributed by atoms with Crippen LogP contribution in [0, 0.1) is 0 Å². The molecule has 7 heteroatoms. The molecule has 0 spiro atoms. The molecule has 1 aromatic heterocycles. The van der Waals surface area contributed by atoms with Crippen LogP contribution in [0.15, 0.2) is 23.1 Å². The van der Waals surface area contributed by atoms with E-state index in [0.29, 0.717) is 11.6 Å². The highest BCUT2D eigenvalue weighted by Gasteiger charge is 2.21. The van der Waals surface area contributed by atoms with E-state index in [9.17, 15) is 13.5 Å². The summed E-state index contributed by atoms with van der Waals surface area (Å²) in [6.45, 7) is 0. The monoisotopic (exact) mass is 326 g/mol. The highest BCUT2D eigenvalue weighted by Crippen LogP contribution is 2.32. The molecule has 114 valence electrons. The van der Waals surface area contributed by atoms with Gasteiger partial charge in [-0.15, -0.1) is 0 Å². The molecule has 0 atom stereocenters. The molecule has 5 nitrogen and oxygen atoms in total. The van der Waals surface area contributed by atoms with Gasteiger partial charge in [0.05, 0.1) is 15.7 Å². The van der Waals surface area contributed by atoms with Gasteiger partial charge in [-0.3, -0.25) is 0 Å². The van der Waals surface area contributed by atoms with Crippen molar-refractivity contribution in [3.63, 3.8) is 0 Å². The summed E-state index contributed by atoms with van der Waals surface area (Å²) in [6.07, 6.45) is 4.45. The molecule has 0 bridgehead atoms. The number of fused-ring (bicyclic) bond motifs is 1. The van der Waals surface area contributed by atoms with Gasteiger partial charge in [0, 0.05) is 12.3 Å². The number of aliphatic hydroxyl groups excluding tert-OH is 1. The van der Waals surface area contributed by atoms with Crippen molar-refractivity contribution >= 4 is 36.5 Å². The van der Waals surface area contributed by atoms with E-state index in [1.165, 1.54) is 17.6 Å². The van der Waals surface area contributed by atoms with Gasteiger partial charge in [0.25, 0.3) is 0 Å². The molecular weight excluding hydrogens is 308 g/mol. The molecule has 0 amide bonds. The standard InChI is InChI=1S/C14H18N2O3S2/c1-21(18,19)12-4-2-3-11-13(12)16-14(20-11)15-9-5-7-10(17)8-6-9/h2-4,9-10,17H,5-8H2,1H3,(H,15,16). The minimum Gasteiger partial charge on any atom is -0.393 e. The third kappa shape index (κ3) is 3.20. The Bertz CT molecular complexity index is 747. The van der Waals surface area contributed by atoms with Crippen molar-refractivity contribution in [2.45, 2.75) is 42.7 Å². The number of aliphatic hydroxyl groups is 1. The van der Waals surface area contributed by atoms with Gasteiger partial charge in [-0.25, -0.2) is 13.4 Å². The summed E-state index contributed by atoms with van der Waals surface area (Å²) in [5.74, 6) is 0. The van der Waals surface area contributed by atoms with Crippen molar-refractivity contribution in [2.24, 2.45) is 0 Å². The smallest absolute Gasteiger partial charge is 0.184 e. The Hall–Kier alpha value is -1.18. The molecular formula is C14H18N2O3S2. The average Bonchev–Trinajstić information content (AvgIpc) is 2.82. The predicted molar refractivity (Wildman–Crippen MR) is 84.6 cm³/mol. The number of sulfone groups is 1. The second-order valence-electron chi connectivity index (χ2n) is 5.54. The molecule has 2 N–H and O–H groups in total. The van der Waals surface area contributed by atoms with E-state index in [2.05, 4.69) is 10.3 Å². The van der Waals surface area contributed by atoms with E-state index in [1.54, 1.807) is 12.1 Å². The van der Waals surface area contributed by atoms with Crippen LogP contribution in [-0.4, -0.2) is 36.9 Å². The summed E-state index contributed by atoms with van der Waals surface area (Å²) in [5.41, 5.74) is 0.545. The largest absolute Gasteiger partial charge is 0.393 e. The Morgan fingerprint density at radius 3 is 2.67 bits per heavy atom. The normalized spacial score (nSPS) is 23.3. The third-order valence-electron chi connectivity index (χ3n) is 3.81. The van der Waals surface area contributed by atoms with E-state index in [0.717, 1.165) is 35.5 Å². The van der Waals surface area contributed by atoms with Crippen LogP contribution in [-0.2, 0) is 9.84 Å². The highest BCUT2D eigenvalue weighted by atomic mass is 32.2. The van der Waals surface area contributed by atoms with Crippen molar-refractivity contribution in [1.82, 2.24) is 4.98 Å². The van der Waals surface area contributed by atoms with Crippen molar-refractivity contribution < 1.29 is 13.5 Å². The van der Waals surface area contributed by atoms with Crippen LogP contribution in [0.3, 0.4) is 0 Å². The van der Waals surface area contributed by atoms with Crippen LogP contribution in [0.2, 0.25) is 0 Å². The van der Waals surface area contributed by atoms with Gasteiger partial charge in [0.1, 0.15) is 5.52 Å². The van der Waals surface area contributed by atoms with Crippen LogP contribution < -0.4 is 5.32 Å². The zero-order valence-corrected chi connectivity index (χ0v) is 13.4. The van der Waals surface area contributed by atoms with Crippen LogP contribution in [0.25, 0.3) is 10.2 Å². The zero-order chi connectivity index (χ0) is 15.0. The fraction of sp³-hybridized carbons (Fsp3) is 0.500. The number of benzene rings is 1. The lowest BCUT2D eigenvalue weighted by Crippen LogP contribution is -2.28. The molecule has 1 heterocycles. The lowest BCUT2D eigenvalue weighted by molar-refractivity contribution is 0.126. The first-order valence-electron chi connectivity index (χ1n) is 6.98. The average molecular weight is 326 g/mol. The molecule has 1 aliphatic rings. The Balaban J connectivity index is 1.88. The van der Waals surface area contributed by atoms with Gasteiger partial charge in [0.2, 0.25) is 0 Å². The van der Waals surface area contributed by atoms with Gasteiger partial charge in [-0.1, -0.05) is 17.4 Å². The Morgan fingerprint density at radius 1 is 1.29 bits per heavy atom. The van der Waals surface area contributed by atoms with E-state index in [1.807, 2.05) is 6.07 Å². The number of hydrogen-bond acceptors (Lipinski definition) is 6. The van der Waals surface area contributed by atoms with Crippen molar-refractivity contribution in [3.05, 3.63) is 18.2 Å². The first-order valence-corrected chi connectivity index (χ1v) is 9.68. The van der Waals surface area contributed by atoms with Gasteiger partial charge >= 0.3 is 0 Å².